The van der Waals surface area contributed by atoms with Crippen molar-refractivity contribution < 1.29 is 87.1 Å². The molecule has 7 nitrogen and oxygen atoms in total. The zero-order valence-electron chi connectivity index (χ0n) is 31.6. The molecule has 5 saturated carbocycles. The van der Waals surface area contributed by atoms with Crippen LogP contribution < -0.4 is 0 Å². The highest BCUT2D eigenvalue weighted by molar-refractivity contribution is 5.76. The first-order valence-electron chi connectivity index (χ1n) is 18.3. The van der Waals surface area contributed by atoms with Gasteiger partial charge in [-0.15, -0.1) is 0 Å². The second kappa shape index (κ2) is 15.3. The third kappa shape index (κ3) is 9.17. The van der Waals surface area contributed by atoms with E-state index >= 15 is 0 Å². The fourth-order valence-corrected chi connectivity index (χ4v) is 9.31. The molecule has 0 aromatic carbocycles. The fourth-order valence-electron chi connectivity index (χ4n) is 9.31. The van der Waals surface area contributed by atoms with Crippen LogP contribution >= 0.6 is 0 Å². The molecule has 5 aliphatic carbocycles. The Hall–Kier alpha value is -2.02. The number of aliphatic hydroxyl groups is 3. The Morgan fingerprint density at radius 3 is 1.31 bits per heavy atom. The van der Waals surface area contributed by atoms with Gasteiger partial charge in [0.2, 0.25) is 0 Å². The molecule has 5 rings (SSSR count). The summed E-state index contributed by atoms with van der Waals surface area (Å²) in [7, 11) is 0. The lowest BCUT2D eigenvalue weighted by molar-refractivity contribution is -0.405. The summed E-state index contributed by atoms with van der Waals surface area (Å²) in [5.41, 5.74) is -13.0. The first-order valence-corrected chi connectivity index (χ1v) is 18.3. The predicted octanol–water partition coefficient (Wildman–Crippen LogP) is 9.01. The van der Waals surface area contributed by atoms with Gasteiger partial charge in [-0.25, -0.2) is 0 Å². The van der Waals surface area contributed by atoms with Crippen molar-refractivity contribution in [3.8, 4) is 0 Å². The maximum Gasteiger partial charge on any atom is 0.426 e. The zero-order valence-corrected chi connectivity index (χ0v) is 31.6. The van der Waals surface area contributed by atoms with Gasteiger partial charge in [0.15, 0.2) is 0 Å². The van der Waals surface area contributed by atoms with Gasteiger partial charge in [0.1, 0.15) is 6.10 Å². The summed E-state index contributed by atoms with van der Waals surface area (Å²) in [5.74, 6) is -6.62. The van der Waals surface area contributed by atoms with Crippen LogP contribution in [0.1, 0.15) is 112 Å². The predicted molar refractivity (Wildman–Crippen MR) is 171 cm³/mol. The Labute approximate surface area is 311 Å². The molecule has 19 heteroatoms. The third-order valence-corrected chi connectivity index (χ3v) is 12.9. The van der Waals surface area contributed by atoms with Crippen molar-refractivity contribution in [2.45, 2.75) is 154 Å². The van der Waals surface area contributed by atoms with Gasteiger partial charge in [-0.1, -0.05) is 13.8 Å². The molecule has 0 amide bonds. The van der Waals surface area contributed by atoms with Crippen LogP contribution in [0.5, 0.6) is 0 Å². The Bertz CT molecular complexity index is 1280. The maximum absolute atomic E-state index is 13.3. The molecule has 0 aliphatic heterocycles. The molecular weight excluding hydrogens is 772 g/mol. The summed E-state index contributed by atoms with van der Waals surface area (Å²) < 4.78 is 170. The number of rotatable bonds is 10. The lowest BCUT2D eigenvalue weighted by Crippen LogP contribution is -2.67. The van der Waals surface area contributed by atoms with E-state index in [2.05, 4.69) is 0 Å². The van der Waals surface area contributed by atoms with Crippen molar-refractivity contribution in [3.05, 3.63) is 0 Å². The maximum atomic E-state index is 13.3. The number of hydrogen-bond donors (Lipinski definition) is 3. The Morgan fingerprint density at radius 1 is 0.600 bits per heavy atom. The van der Waals surface area contributed by atoms with Gasteiger partial charge in [-0.2, -0.15) is 52.7 Å². The molecule has 55 heavy (non-hydrogen) atoms. The van der Waals surface area contributed by atoms with Crippen molar-refractivity contribution in [1.29, 1.82) is 0 Å². The monoisotopic (exact) mass is 824 g/mol. The standard InChI is InChI=1S/C18H22F12O4.C18H30O3/c1-4-12(2,3)11(31)34-10-6-8(13(32,15(19,20)21)16(22,23)24)5-9(7-10)14(33,17(25,26)27)18(28,29)30;1-4-16(2,3)15(20)21-12-18-8-13-5-14(9-18)7-17(6-13,10-18)11-19/h8-10,32-33H,4-7H2,1-3H3;13-14,19H,4-12H2,1-3H3. The minimum atomic E-state index is -6.58. The van der Waals surface area contributed by atoms with E-state index in [9.17, 15) is 77.6 Å². The van der Waals surface area contributed by atoms with Crippen LogP contribution in [0, 0.1) is 45.3 Å². The summed E-state index contributed by atoms with van der Waals surface area (Å²) in [6.07, 6.45) is -26.0. The van der Waals surface area contributed by atoms with Crippen molar-refractivity contribution in [2.24, 2.45) is 45.3 Å². The zero-order chi connectivity index (χ0) is 42.6. The molecule has 0 spiro atoms. The van der Waals surface area contributed by atoms with Crippen molar-refractivity contribution in [3.63, 3.8) is 0 Å². The molecule has 0 aromatic rings. The highest BCUT2D eigenvalue weighted by Gasteiger charge is 2.78. The van der Waals surface area contributed by atoms with Crippen LogP contribution in [0.4, 0.5) is 52.7 Å². The molecule has 322 valence electrons. The Balaban J connectivity index is 0.000000327. The van der Waals surface area contributed by atoms with Crippen molar-refractivity contribution >= 4 is 11.9 Å². The van der Waals surface area contributed by atoms with E-state index in [1.54, 1.807) is 0 Å². The molecule has 5 aliphatic rings. The van der Waals surface area contributed by atoms with Crippen LogP contribution in [0.25, 0.3) is 0 Å². The minimum Gasteiger partial charge on any atom is -0.465 e. The Kier molecular flexibility index (Phi) is 13.2. The van der Waals surface area contributed by atoms with E-state index in [4.69, 9.17) is 9.47 Å². The number of ether oxygens (including phenoxy) is 2. The number of hydrogen-bond acceptors (Lipinski definition) is 7. The molecule has 0 aromatic heterocycles. The lowest BCUT2D eigenvalue weighted by Gasteiger charge is -2.61. The summed E-state index contributed by atoms with van der Waals surface area (Å²) in [4.78, 5) is 24.5. The number of carbonyl (C=O) groups is 2. The second-order valence-corrected chi connectivity index (χ2v) is 17.8. The molecule has 3 N–H and O–H groups in total. The van der Waals surface area contributed by atoms with Gasteiger partial charge in [0, 0.05) is 23.9 Å². The number of carbonyl (C=O) groups excluding carboxylic acids is 2. The average molecular weight is 825 g/mol. The van der Waals surface area contributed by atoms with Gasteiger partial charge >= 0.3 is 36.6 Å². The smallest absolute Gasteiger partial charge is 0.426 e. The van der Waals surface area contributed by atoms with Crippen LogP contribution in [0.3, 0.4) is 0 Å². The van der Waals surface area contributed by atoms with Gasteiger partial charge in [-0.3, -0.25) is 9.59 Å². The summed E-state index contributed by atoms with van der Waals surface area (Å²) in [6.45, 7) is 10.7. The Morgan fingerprint density at radius 2 is 0.964 bits per heavy atom. The van der Waals surface area contributed by atoms with E-state index in [1.807, 2.05) is 20.8 Å². The van der Waals surface area contributed by atoms with Crippen molar-refractivity contribution in [1.82, 2.24) is 0 Å². The average Bonchev–Trinajstić information content (AvgIpc) is 3.03. The number of esters is 2. The van der Waals surface area contributed by atoms with E-state index < -0.39 is 84.5 Å². The van der Waals surface area contributed by atoms with Gasteiger partial charge in [-0.05, 0) is 116 Å². The highest BCUT2D eigenvalue weighted by atomic mass is 19.4. The van der Waals surface area contributed by atoms with Crippen LogP contribution in [0.2, 0.25) is 0 Å². The number of halogens is 12. The van der Waals surface area contributed by atoms with Gasteiger partial charge in [0.25, 0.3) is 11.2 Å². The normalized spacial score (nSPS) is 30.7. The fraction of sp³-hybridized carbons (Fsp3) is 0.944. The van der Waals surface area contributed by atoms with Gasteiger partial charge < -0.3 is 24.8 Å². The lowest BCUT2D eigenvalue weighted by atomic mass is 9.44. The summed E-state index contributed by atoms with van der Waals surface area (Å²) in [6, 6.07) is 0. The van der Waals surface area contributed by atoms with Crippen LogP contribution in [-0.4, -0.2) is 82.5 Å². The SMILES string of the molecule is CCC(C)(C)C(=O)OC1CC(C(O)(C(F)(F)F)C(F)(F)F)CC(C(O)(C(F)(F)F)C(F)(F)F)C1.CCC(C)(C)C(=O)OCC12CC3CC(CC(CO)(C3)C1)C2. The third-order valence-electron chi connectivity index (χ3n) is 12.9. The van der Waals surface area contributed by atoms with Crippen LogP contribution in [0.15, 0.2) is 0 Å². The molecule has 4 bridgehead atoms. The largest absolute Gasteiger partial charge is 0.465 e. The molecule has 4 unspecified atom stereocenters. The topological polar surface area (TPSA) is 113 Å². The molecule has 5 fully saturated rings. The van der Waals surface area contributed by atoms with Gasteiger partial charge in [0.05, 0.1) is 17.4 Å². The second-order valence-electron chi connectivity index (χ2n) is 17.8. The summed E-state index contributed by atoms with van der Waals surface area (Å²) in [5, 5.41) is 29.1. The van der Waals surface area contributed by atoms with E-state index in [0.717, 1.165) is 24.7 Å². The first-order chi connectivity index (χ1) is 24.6. The highest BCUT2D eigenvalue weighted by Crippen LogP contribution is 2.65. The van der Waals surface area contributed by atoms with E-state index in [-0.39, 0.29) is 28.6 Å². The van der Waals surface area contributed by atoms with E-state index in [0.29, 0.717) is 13.2 Å². The van der Waals surface area contributed by atoms with E-state index in [1.165, 1.54) is 52.9 Å². The van der Waals surface area contributed by atoms with Crippen molar-refractivity contribution in [2.75, 3.05) is 13.2 Å². The number of alkyl halides is 12. The molecule has 0 radical (unpaired) electrons. The molecule has 4 atom stereocenters. The molecule has 0 heterocycles. The quantitative estimate of drug-likeness (QED) is 0.149. The molecular formula is C36H52F12O7. The summed E-state index contributed by atoms with van der Waals surface area (Å²) >= 11 is 0. The first kappa shape index (κ1) is 47.4. The molecule has 0 saturated heterocycles. The minimum absolute atomic E-state index is 0.0184. The van der Waals surface area contributed by atoms with Crippen LogP contribution in [-0.2, 0) is 19.1 Å². The number of aliphatic hydroxyl groups excluding tert-OH is 1.